The van der Waals surface area contributed by atoms with Crippen LogP contribution in [-0.2, 0) is 0 Å². The number of ether oxygens (including phenoxy) is 1. The molecule has 0 aliphatic rings. The summed E-state index contributed by atoms with van der Waals surface area (Å²) in [5.74, 6) is -0.218. The molecule has 0 bridgehead atoms. The standard InChI is InChI=1S/C14H10BrCl2FO2/c1-20-14-8(5-7(16)6-9(14)15)13(19)12-10(17)3-2-4-11(12)18/h2-6,13,19H,1H3. The third-order valence-corrected chi connectivity index (χ3v) is 3.95. The smallest absolute Gasteiger partial charge is 0.139 e. The zero-order valence-electron chi connectivity index (χ0n) is 10.3. The molecule has 106 valence electrons. The number of aliphatic hydroxyl groups excluding tert-OH is 1. The minimum Gasteiger partial charge on any atom is -0.495 e. The van der Waals surface area contributed by atoms with Gasteiger partial charge in [0.05, 0.1) is 11.6 Å². The van der Waals surface area contributed by atoms with Gasteiger partial charge < -0.3 is 9.84 Å². The third kappa shape index (κ3) is 2.93. The Kier molecular flexibility index (Phi) is 4.91. The van der Waals surface area contributed by atoms with Crippen molar-refractivity contribution in [3.8, 4) is 5.75 Å². The van der Waals surface area contributed by atoms with Gasteiger partial charge in [0.25, 0.3) is 0 Å². The highest BCUT2D eigenvalue weighted by molar-refractivity contribution is 9.10. The van der Waals surface area contributed by atoms with Gasteiger partial charge in [0.2, 0.25) is 0 Å². The van der Waals surface area contributed by atoms with Gasteiger partial charge in [0, 0.05) is 21.2 Å². The Morgan fingerprint density at radius 1 is 1.30 bits per heavy atom. The molecule has 0 radical (unpaired) electrons. The summed E-state index contributed by atoms with van der Waals surface area (Å²) < 4.78 is 19.7. The summed E-state index contributed by atoms with van der Waals surface area (Å²) in [5, 5.41) is 11.0. The van der Waals surface area contributed by atoms with E-state index in [1.165, 1.54) is 31.4 Å². The minimum atomic E-state index is -1.28. The fraction of sp³-hybridized carbons (Fsp3) is 0.143. The van der Waals surface area contributed by atoms with Crippen LogP contribution < -0.4 is 4.74 Å². The highest BCUT2D eigenvalue weighted by Gasteiger charge is 2.23. The monoisotopic (exact) mass is 378 g/mol. The second-order valence-electron chi connectivity index (χ2n) is 4.05. The maximum Gasteiger partial charge on any atom is 0.139 e. The maximum atomic E-state index is 13.9. The van der Waals surface area contributed by atoms with E-state index >= 15 is 0 Å². The van der Waals surface area contributed by atoms with Crippen molar-refractivity contribution < 1.29 is 14.2 Å². The molecule has 0 saturated carbocycles. The van der Waals surface area contributed by atoms with E-state index in [0.717, 1.165) is 0 Å². The first kappa shape index (κ1) is 15.6. The zero-order chi connectivity index (χ0) is 14.9. The van der Waals surface area contributed by atoms with Crippen molar-refractivity contribution in [1.82, 2.24) is 0 Å². The van der Waals surface area contributed by atoms with Crippen LogP contribution in [0.15, 0.2) is 34.8 Å². The number of halogens is 4. The summed E-state index contributed by atoms with van der Waals surface area (Å²) in [5.41, 5.74) is 0.320. The molecule has 0 aromatic heterocycles. The molecule has 0 amide bonds. The predicted octanol–water partition coefficient (Wildman–Crippen LogP) is 4.99. The summed E-state index contributed by atoms with van der Waals surface area (Å²) in [7, 11) is 1.45. The van der Waals surface area contributed by atoms with Gasteiger partial charge in [0.1, 0.15) is 17.7 Å². The van der Waals surface area contributed by atoms with Crippen LogP contribution in [0, 0.1) is 5.82 Å². The molecule has 0 spiro atoms. The van der Waals surface area contributed by atoms with Gasteiger partial charge >= 0.3 is 0 Å². The van der Waals surface area contributed by atoms with Crippen LogP contribution in [0.4, 0.5) is 4.39 Å². The first-order chi connectivity index (χ1) is 9.45. The lowest BCUT2D eigenvalue weighted by molar-refractivity contribution is 0.209. The largest absolute Gasteiger partial charge is 0.495 e. The number of aliphatic hydroxyl groups is 1. The molecule has 6 heteroatoms. The van der Waals surface area contributed by atoms with Gasteiger partial charge in [-0.2, -0.15) is 0 Å². The average Bonchev–Trinajstić information content (AvgIpc) is 2.37. The van der Waals surface area contributed by atoms with Crippen molar-refractivity contribution in [1.29, 1.82) is 0 Å². The third-order valence-electron chi connectivity index (χ3n) is 2.81. The number of methoxy groups -OCH3 is 1. The molecule has 0 saturated heterocycles. The zero-order valence-corrected chi connectivity index (χ0v) is 13.4. The number of benzene rings is 2. The highest BCUT2D eigenvalue weighted by atomic mass is 79.9. The van der Waals surface area contributed by atoms with Crippen LogP contribution in [0.3, 0.4) is 0 Å². The van der Waals surface area contributed by atoms with Crippen molar-refractivity contribution >= 4 is 39.1 Å². The molecule has 0 aliphatic heterocycles. The Morgan fingerprint density at radius 2 is 2.00 bits per heavy atom. The van der Waals surface area contributed by atoms with Crippen LogP contribution in [0.1, 0.15) is 17.2 Å². The number of rotatable bonds is 3. The van der Waals surface area contributed by atoms with Crippen LogP contribution in [0.2, 0.25) is 10.0 Å². The molecule has 0 fully saturated rings. The van der Waals surface area contributed by atoms with Gasteiger partial charge in [-0.15, -0.1) is 0 Å². The lowest BCUT2D eigenvalue weighted by atomic mass is 10.00. The molecule has 0 aliphatic carbocycles. The lowest BCUT2D eigenvalue weighted by Gasteiger charge is -2.18. The van der Waals surface area contributed by atoms with Crippen molar-refractivity contribution in [2.24, 2.45) is 0 Å². The van der Waals surface area contributed by atoms with Gasteiger partial charge in [-0.05, 0) is 40.2 Å². The number of hydrogen-bond acceptors (Lipinski definition) is 2. The molecule has 2 nitrogen and oxygen atoms in total. The van der Waals surface area contributed by atoms with E-state index in [9.17, 15) is 9.50 Å². The molecule has 20 heavy (non-hydrogen) atoms. The van der Waals surface area contributed by atoms with Crippen LogP contribution in [0.25, 0.3) is 0 Å². The van der Waals surface area contributed by atoms with E-state index in [0.29, 0.717) is 20.8 Å². The Hall–Kier alpha value is -0.810. The summed E-state index contributed by atoms with van der Waals surface area (Å²) in [6, 6.07) is 7.35. The Bertz CT molecular complexity index is 629. The van der Waals surface area contributed by atoms with Crippen molar-refractivity contribution in [2.75, 3.05) is 7.11 Å². The van der Waals surface area contributed by atoms with E-state index in [1.54, 1.807) is 6.07 Å². The second-order valence-corrected chi connectivity index (χ2v) is 5.75. The molecule has 1 unspecified atom stereocenters. The van der Waals surface area contributed by atoms with E-state index in [4.69, 9.17) is 27.9 Å². The van der Waals surface area contributed by atoms with E-state index < -0.39 is 11.9 Å². The average molecular weight is 380 g/mol. The minimum absolute atomic E-state index is 0.0124. The fourth-order valence-electron chi connectivity index (χ4n) is 1.93. The Morgan fingerprint density at radius 3 is 2.60 bits per heavy atom. The van der Waals surface area contributed by atoms with Gasteiger partial charge in [-0.25, -0.2) is 4.39 Å². The lowest BCUT2D eigenvalue weighted by Crippen LogP contribution is -2.06. The van der Waals surface area contributed by atoms with E-state index in [1.807, 2.05) is 0 Å². The molecule has 2 aromatic rings. The van der Waals surface area contributed by atoms with Crippen molar-refractivity contribution in [2.45, 2.75) is 6.10 Å². The molecular formula is C14H10BrCl2FO2. The van der Waals surface area contributed by atoms with Crippen molar-refractivity contribution in [3.05, 3.63) is 61.8 Å². The fourth-order valence-corrected chi connectivity index (χ4v) is 3.19. The molecular weight excluding hydrogens is 370 g/mol. The second kappa shape index (κ2) is 6.31. The topological polar surface area (TPSA) is 29.5 Å². The molecule has 2 rings (SSSR count). The summed E-state index contributed by atoms with van der Waals surface area (Å²) in [6.45, 7) is 0. The molecule has 2 aromatic carbocycles. The SMILES string of the molecule is COc1c(Br)cc(Cl)cc1C(O)c1c(F)cccc1Cl. The van der Waals surface area contributed by atoms with E-state index in [2.05, 4.69) is 15.9 Å². The molecule has 0 heterocycles. The summed E-state index contributed by atoms with van der Waals surface area (Å²) >= 11 is 15.2. The Labute approximate surface area is 134 Å². The van der Waals surface area contributed by atoms with Gasteiger partial charge in [-0.1, -0.05) is 29.3 Å². The molecule has 1 atom stereocenters. The first-order valence-electron chi connectivity index (χ1n) is 5.60. The van der Waals surface area contributed by atoms with Crippen LogP contribution in [-0.4, -0.2) is 12.2 Å². The van der Waals surface area contributed by atoms with Gasteiger partial charge in [0.15, 0.2) is 0 Å². The van der Waals surface area contributed by atoms with Gasteiger partial charge in [-0.3, -0.25) is 0 Å². The summed E-state index contributed by atoms with van der Waals surface area (Å²) in [4.78, 5) is 0. The quantitative estimate of drug-likeness (QED) is 0.814. The number of hydrogen-bond donors (Lipinski definition) is 1. The highest BCUT2D eigenvalue weighted by Crippen LogP contribution is 2.40. The van der Waals surface area contributed by atoms with Crippen LogP contribution in [0.5, 0.6) is 5.75 Å². The normalized spacial score (nSPS) is 12.3. The van der Waals surface area contributed by atoms with Crippen LogP contribution >= 0.6 is 39.1 Å². The van der Waals surface area contributed by atoms with Crippen molar-refractivity contribution in [3.63, 3.8) is 0 Å². The Balaban J connectivity index is 2.62. The molecule has 1 N–H and O–H groups in total. The predicted molar refractivity (Wildman–Crippen MR) is 81.2 cm³/mol. The summed E-state index contributed by atoms with van der Waals surface area (Å²) in [6.07, 6.45) is -1.28. The first-order valence-corrected chi connectivity index (χ1v) is 7.15. The maximum absolute atomic E-state index is 13.9. The van der Waals surface area contributed by atoms with E-state index in [-0.39, 0.29) is 10.6 Å².